The first-order chi connectivity index (χ1) is 8.47. The molecule has 1 aliphatic rings. The van der Waals surface area contributed by atoms with Crippen LogP contribution in [0.4, 0.5) is 13.2 Å². The monoisotopic (exact) mass is 277 g/mol. The van der Waals surface area contributed by atoms with E-state index in [9.17, 15) is 18.0 Å². The van der Waals surface area contributed by atoms with Crippen LogP contribution in [0.25, 0.3) is 0 Å². The normalized spacial score (nSPS) is 24.8. The zero-order valence-electron chi connectivity index (χ0n) is 9.67. The molecule has 1 aromatic heterocycles. The molecule has 1 saturated carbocycles. The molecule has 1 fully saturated rings. The average Bonchev–Trinajstić information content (AvgIpc) is 2.81. The van der Waals surface area contributed by atoms with Gasteiger partial charge in [-0.05, 0) is 30.7 Å². The van der Waals surface area contributed by atoms with Crippen LogP contribution in [0, 0.1) is 5.92 Å². The smallest absolute Gasteiger partial charge is 0.349 e. The Morgan fingerprint density at radius 2 is 2.17 bits per heavy atom. The fourth-order valence-corrected chi connectivity index (χ4v) is 2.92. The molecule has 2 rings (SSSR count). The zero-order chi connectivity index (χ0) is 13.2. The van der Waals surface area contributed by atoms with Crippen LogP contribution < -0.4 is 5.32 Å². The molecular weight excluding hydrogens is 263 g/mol. The van der Waals surface area contributed by atoms with Crippen LogP contribution in [0.15, 0.2) is 16.8 Å². The Morgan fingerprint density at radius 1 is 1.39 bits per heavy atom. The predicted octanol–water partition coefficient (Wildman–Crippen LogP) is 3.60. The summed E-state index contributed by atoms with van der Waals surface area (Å²) in [5, 5.41) is 6.16. The Bertz CT molecular complexity index is 402. The molecule has 6 heteroatoms. The number of thiophene rings is 1. The Hall–Kier alpha value is -1.04. The van der Waals surface area contributed by atoms with Gasteiger partial charge in [-0.25, -0.2) is 0 Å². The summed E-state index contributed by atoms with van der Waals surface area (Å²) in [5.41, 5.74) is 0.522. The van der Waals surface area contributed by atoms with Gasteiger partial charge in [0.05, 0.1) is 5.92 Å². The molecule has 0 aliphatic heterocycles. The van der Waals surface area contributed by atoms with E-state index in [4.69, 9.17) is 0 Å². The summed E-state index contributed by atoms with van der Waals surface area (Å²) in [4.78, 5) is 11.7. The van der Waals surface area contributed by atoms with Crippen molar-refractivity contribution in [3.63, 3.8) is 0 Å². The van der Waals surface area contributed by atoms with Crippen molar-refractivity contribution >= 4 is 17.2 Å². The first-order valence-corrected chi connectivity index (χ1v) is 6.81. The standard InChI is InChI=1S/C12H14F3NOS/c13-12(14,15)9-2-1-3-10(6-9)16-11(17)8-4-5-18-7-8/h4-5,7,9-10H,1-3,6H2,(H,16,17)/t9-,10-/m0/s1. The summed E-state index contributed by atoms with van der Waals surface area (Å²) in [6, 6.07) is 1.31. The molecule has 0 spiro atoms. The minimum atomic E-state index is -4.15. The van der Waals surface area contributed by atoms with Gasteiger partial charge in [0.15, 0.2) is 0 Å². The van der Waals surface area contributed by atoms with Crippen LogP contribution in [0.5, 0.6) is 0 Å². The third kappa shape index (κ3) is 3.25. The fourth-order valence-electron chi connectivity index (χ4n) is 2.28. The molecule has 0 saturated heterocycles. The lowest BCUT2D eigenvalue weighted by molar-refractivity contribution is -0.183. The second-order valence-electron chi connectivity index (χ2n) is 4.59. The molecule has 0 radical (unpaired) electrons. The van der Waals surface area contributed by atoms with E-state index in [0.717, 1.165) is 0 Å². The molecule has 1 aromatic rings. The van der Waals surface area contributed by atoms with Crippen LogP contribution in [0.1, 0.15) is 36.0 Å². The maximum atomic E-state index is 12.6. The number of hydrogen-bond acceptors (Lipinski definition) is 2. The molecule has 18 heavy (non-hydrogen) atoms. The number of amides is 1. The van der Waals surface area contributed by atoms with Crippen molar-refractivity contribution < 1.29 is 18.0 Å². The van der Waals surface area contributed by atoms with Gasteiger partial charge in [0, 0.05) is 17.0 Å². The van der Waals surface area contributed by atoms with Crippen LogP contribution >= 0.6 is 11.3 Å². The van der Waals surface area contributed by atoms with Gasteiger partial charge in [-0.15, -0.1) is 0 Å². The van der Waals surface area contributed by atoms with Crippen molar-refractivity contribution in [2.45, 2.75) is 37.9 Å². The number of alkyl halides is 3. The molecule has 1 N–H and O–H groups in total. The number of nitrogens with one attached hydrogen (secondary N) is 1. The fraction of sp³-hybridized carbons (Fsp3) is 0.583. The van der Waals surface area contributed by atoms with E-state index in [1.54, 1.807) is 16.8 Å². The van der Waals surface area contributed by atoms with Crippen molar-refractivity contribution in [3.8, 4) is 0 Å². The highest BCUT2D eigenvalue weighted by Gasteiger charge is 2.42. The van der Waals surface area contributed by atoms with Gasteiger partial charge in [-0.2, -0.15) is 24.5 Å². The number of hydrogen-bond donors (Lipinski definition) is 1. The zero-order valence-corrected chi connectivity index (χ0v) is 10.5. The highest BCUT2D eigenvalue weighted by molar-refractivity contribution is 7.08. The molecule has 1 aliphatic carbocycles. The van der Waals surface area contributed by atoms with Crippen molar-refractivity contribution in [2.24, 2.45) is 5.92 Å². The highest BCUT2D eigenvalue weighted by Crippen LogP contribution is 2.37. The van der Waals surface area contributed by atoms with Gasteiger partial charge >= 0.3 is 6.18 Å². The van der Waals surface area contributed by atoms with Crippen LogP contribution in [0.3, 0.4) is 0 Å². The molecule has 100 valence electrons. The molecule has 2 nitrogen and oxygen atoms in total. The quantitative estimate of drug-likeness (QED) is 0.879. The first kappa shape index (κ1) is 13.4. The van der Waals surface area contributed by atoms with E-state index in [-0.39, 0.29) is 24.8 Å². The summed E-state index contributed by atoms with van der Waals surface area (Å²) in [5.74, 6) is -1.55. The molecule has 2 atom stereocenters. The summed E-state index contributed by atoms with van der Waals surface area (Å²) in [6.07, 6.45) is -2.83. The Morgan fingerprint density at radius 3 is 2.78 bits per heavy atom. The van der Waals surface area contributed by atoms with E-state index in [2.05, 4.69) is 5.32 Å². The van der Waals surface area contributed by atoms with Gasteiger partial charge in [0.2, 0.25) is 0 Å². The SMILES string of the molecule is O=C(N[C@H]1CCC[C@H](C(F)(F)F)C1)c1ccsc1. The van der Waals surface area contributed by atoms with Crippen molar-refractivity contribution in [3.05, 3.63) is 22.4 Å². The summed E-state index contributed by atoms with van der Waals surface area (Å²) in [6.45, 7) is 0. The Labute approximate surface area is 107 Å². The maximum Gasteiger partial charge on any atom is 0.391 e. The van der Waals surface area contributed by atoms with Crippen LogP contribution in [-0.2, 0) is 0 Å². The molecule has 1 amide bonds. The molecular formula is C12H14F3NOS. The Balaban J connectivity index is 1.92. The average molecular weight is 277 g/mol. The summed E-state index contributed by atoms with van der Waals surface area (Å²) >= 11 is 1.39. The third-order valence-corrected chi connectivity index (χ3v) is 3.94. The van der Waals surface area contributed by atoms with E-state index < -0.39 is 12.1 Å². The largest absolute Gasteiger partial charge is 0.391 e. The van der Waals surface area contributed by atoms with Crippen molar-refractivity contribution in [1.82, 2.24) is 5.32 Å². The lowest BCUT2D eigenvalue weighted by Gasteiger charge is -2.30. The second-order valence-corrected chi connectivity index (χ2v) is 5.37. The lowest BCUT2D eigenvalue weighted by Crippen LogP contribution is -2.41. The molecule has 0 unspecified atom stereocenters. The van der Waals surface area contributed by atoms with E-state index >= 15 is 0 Å². The van der Waals surface area contributed by atoms with Crippen LogP contribution in [-0.4, -0.2) is 18.1 Å². The third-order valence-electron chi connectivity index (χ3n) is 3.26. The van der Waals surface area contributed by atoms with Gasteiger partial charge in [0.25, 0.3) is 5.91 Å². The van der Waals surface area contributed by atoms with Crippen molar-refractivity contribution in [2.75, 3.05) is 0 Å². The molecule has 1 heterocycles. The van der Waals surface area contributed by atoms with E-state index in [1.165, 1.54) is 11.3 Å². The number of carbonyl (C=O) groups is 1. The first-order valence-electron chi connectivity index (χ1n) is 5.86. The minimum absolute atomic E-state index is 0.000618. The van der Waals surface area contributed by atoms with Gasteiger partial charge in [-0.1, -0.05) is 6.42 Å². The predicted molar refractivity (Wildman–Crippen MR) is 63.6 cm³/mol. The number of rotatable bonds is 2. The van der Waals surface area contributed by atoms with E-state index in [1.807, 2.05) is 0 Å². The Kier molecular flexibility index (Phi) is 3.94. The van der Waals surface area contributed by atoms with Gasteiger partial charge in [-0.3, -0.25) is 4.79 Å². The topological polar surface area (TPSA) is 29.1 Å². The lowest BCUT2D eigenvalue weighted by atomic mass is 9.85. The summed E-state index contributed by atoms with van der Waals surface area (Å²) < 4.78 is 37.8. The number of halogens is 3. The summed E-state index contributed by atoms with van der Waals surface area (Å²) in [7, 11) is 0. The van der Waals surface area contributed by atoms with Crippen LogP contribution in [0.2, 0.25) is 0 Å². The minimum Gasteiger partial charge on any atom is -0.349 e. The van der Waals surface area contributed by atoms with Gasteiger partial charge in [0.1, 0.15) is 0 Å². The number of carbonyl (C=O) groups excluding carboxylic acids is 1. The van der Waals surface area contributed by atoms with Crippen molar-refractivity contribution in [1.29, 1.82) is 0 Å². The highest BCUT2D eigenvalue weighted by atomic mass is 32.1. The second kappa shape index (κ2) is 5.30. The molecule has 0 bridgehead atoms. The molecule has 0 aromatic carbocycles. The van der Waals surface area contributed by atoms with Gasteiger partial charge < -0.3 is 5.32 Å². The maximum absolute atomic E-state index is 12.6. The van der Waals surface area contributed by atoms with E-state index in [0.29, 0.717) is 18.4 Å².